The van der Waals surface area contributed by atoms with Crippen LogP contribution in [0.4, 0.5) is 5.69 Å². The first kappa shape index (κ1) is 15.2. The van der Waals surface area contributed by atoms with Gasteiger partial charge in [-0.25, -0.2) is 4.98 Å². The van der Waals surface area contributed by atoms with Gasteiger partial charge in [-0.3, -0.25) is 4.79 Å². The fourth-order valence-corrected chi connectivity index (χ4v) is 1.38. The molecule has 0 aliphatic rings. The first-order chi connectivity index (χ1) is 9.19. The van der Waals surface area contributed by atoms with E-state index in [0.717, 1.165) is 0 Å². The Balaban J connectivity index is 2.58. The molecule has 0 saturated carbocycles. The number of anilines is 1. The normalized spacial score (nSPS) is 11.7. The SMILES string of the molecule is C=CCCOC(C)C(=O)Nc1cccnc1OCC. The van der Waals surface area contributed by atoms with Gasteiger partial charge in [0.2, 0.25) is 5.88 Å². The number of aromatic nitrogens is 1. The van der Waals surface area contributed by atoms with Crippen molar-refractivity contribution in [3.63, 3.8) is 0 Å². The lowest BCUT2D eigenvalue weighted by Crippen LogP contribution is -2.28. The monoisotopic (exact) mass is 264 g/mol. The lowest BCUT2D eigenvalue weighted by atomic mass is 10.3. The van der Waals surface area contributed by atoms with Gasteiger partial charge in [-0.2, -0.15) is 0 Å². The van der Waals surface area contributed by atoms with Crippen molar-refractivity contribution in [3.05, 3.63) is 31.0 Å². The number of hydrogen-bond donors (Lipinski definition) is 1. The minimum Gasteiger partial charge on any atom is -0.476 e. The molecule has 0 aliphatic heterocycles. The average molecular weight is 264 g/mol. The maximum absolute atomic E-state index is 11.9. The van der Waals surface area contributed by atoms with E-state index in [1.54, 1.807) is 31.3 Å². The molecular formula is C14H20N2O3. The molecule has 0 aliphatic carbocycles. The summed E-state index contributed by atoms with van der Waals surface area (Å²) in [5, 5.41) is 2.74. The van der Waals surface area contributed by atoms with E-state index in [4.69, 9.17) is 9.47 Å². The Morgan fingerprint density at radius 1 is 1.63 bits per heavy atom. The molecule has 0 saturated heterocycles. The van der Waals surface area contributed by atoms with Gasteiger partial charge in [-0.05, 0) is 32.4 Å². The molecule has 104 valence electrons. The van der Waals surface area contributed by atoms with Crippen molar-refractivity contribution in [2.75, 3.05) is 18.5 Å². The van der Waals surface area contributed by atoms with Crippen LogP contribution in [0.15, 0.2) is 31.0 Å². The van der Waals surface area contributed by atoms with Gasteiger partial charge in [0, 0.05) is 6.20 Å². The van der Waals surface area contributed by atoms with E-state index >= 15 is 0 Å². The minimum atomic E-state index is -0.533. The summed E-state index contributed by atoms with van der Waals surface area (Å²) in [4.78, 5) is 16.0. The maximum Gasteiger partial charge on any atom is 0.253 e. The molecule has 1 atom stereocenters. The zero-order valence-corrected chi connectivity index (χ0v) is 11.4. The van der Waals surface area contributed by atoms with Gasteiger partial charge in [-0.15, -0.1) is 6.58 Å². The summed E-state index contributed by atoms with van der Waals surface area (Å²) in [6, 6.07) is 3.48. The van der Waals surface area contributed by atoms with Crippen molar-refractivity contribution in [1.29, 1.82) is 0 Å². The predicted octanol–water partition coefficient (Wildman–Crippen LogP) is 2.40. The fraction of sp³-hybridized carbons (Fsp3) is 0.429. The van der Waals surface area contributed by atoms with E-state index < -0.39 is 6.10 Å². The third-order valence-electron chi connectivity index (χ3n) is 2.37. The molecule has 5 heteroatoms. The maximum atomic E-state index is 11.9. The second-order valence-corrected chi connectivity index (χ2v) is 3.87. The summed E-state index contributed by atoms with van der Waals surface area (Å²) < 4.78 is 10.7. The molecule has 0 spiro atoms. The molecule has 1 amide bonds. The summed E-state index contributed by atoms with van der Waals surface area (Å²) in [5.74, 6) is 0.189. The molecule has 5 nitrogen and oxygen atoms in total. The van der Waals surface area contributed by atoms with Gasteiger partial charge in [0.05, 0.1) is 13.2 Å². The lowest BCUT2D eigenvalue weighted by molar-refractivity contribution is -0.126. The Morgan fingerprint density at radius 3 is 3.11 bits per heavy atom. The smallest absolute Gasteiger partial charge is 0.253 e. The van der Waals surface area contributed by atoms with Crippen molar-refractivity contribution in [2.45, 2.75) is 26.4 Å². The Hall–Kier alpha value is -1.88. The van der Waals surface area contributed by atoms with Crippen LogP contribution in [0.5, 0.6) is 5.88 Å². The Labute approximate surface area is 113 Å². The largest absolute Gasteiger partial charge is 0.476 e. The lowest BCUT2D eigenvalue weighted by Gasteiger charge is -2.14. The van der Waals surface area contributed by atoms with Gasteiger partial charge in [0.25, 0.3) is 5.91 Å². The van der Waals surface area contributed by atoms with Crippen molar-refractivity contribution >= 4 is 11.6 Å². The van der Waals surface area contributed by atoms with E-state index in [1.165, 1.54) is 0 Å². The second-order valence-electron chi connectivity index (χ2n) is 3.87. The van der Waals surface area contributed by atoms with Crippen LogP contribution < -0.4 is 10.1 Å². The molecule has 0 aromatic carbocycles. The van der Waals surface area contributed by atoms with Crippen LogP contribution in [0.2, 0.25) is 0 Å². The Bertz CT molecular complexity index is 421. The number of nitrogens with one attached hydrogen (secondary N) is 1. The number of pyridine rings is 1. The number of amides is 1. The molecule has 1 heterocycles. The number of hydrogen-bond acceptors (Lipinski definition) is 4. The first-order valence-electron chi connectivity index (χ1n) is 6.30. The zero-order valence-electron chi connectivity index (χ0n) is 11.4. The van der Waals surface area contributed by atoms with Gasteiger partial charge < -0.3 is 14.8 Å². The second kappa shape index (κ2) is 8.26. The highest BCUT2D eigenvalue weighted by Crippen LogP contribution is 2.20. The predicted molar refractivity (Wildman–Crippen MR) is 74.3 cm³/mol. The van der Waals surface area contributed by atoms with Crippen molar-refractivity contribution in [3.8, 4) is 5.88 Å². The minimum absolute atomic E-state index is 0.224. The van der Waals surface area contributed by atoms with E-state index in [9.17, 15) is 4.79 Å². The van der Waals surface area contributed by atoms with Gasteiger partial charge >= 0.3 is 0 Å². The molecule has 1 N–H and O–H groups in total. The van der Waals surface area contributed by atoms with Crippen LogP contribution in [0.25, 0.3) is 0 Å². The van der Waals surface area contributed by atoms with Crippen molar-refractivity contribution in [1.82, 2.24) is 4.98 Å². The number of ether oxygens (including phenoxy) is 2. The number of carbonyl (C=O) groups is 1. The first-order valence-corrected chi connectivity index (χ1v) is 6.30. The molecule has 1 rings (SSSR count). The summed E-state index contributed by atoms with van der Waals surface area (Å²) in [6.07, 6.45) is 3.55. The molecular weight excluding hydrogens is 244 g/mol. The highest BCUT2D eigenvalue weighted by molar-refractivity contribution is 5.94. The summed E-state index contributed by atoms with van der Waals surface area (Å²) in [5.41, 5.74) is 0.550. The van der Waals surface area contributed by atoms with Crippen molar-refractivity contribution in [2.24, 2.45) is 0 Å². The van der Waals surface area contributed by atoms with Gasteiger partial charge in [0.1, 0.15) is 11.8 Å². The third kappa shape index (κ3) is 5.09. The summed E-state index contributed by atoms with van der Waals surface area (Å²) >= 11 is 0. The molecule has 1 aromatic heterocycles. The third-order valence-corrected chi connectivity index (χ3v) is 2.37. The average Bonchev–Trinajstić information content (AvgIpc) is 2.41. The van der Waals surface area contributed by atoms with Crippen LogP contribution in [0.3, 0.4) is 0 Å². The van der Waals surface area contributed by atoms with Crippen molar-refractivity contribution < 1.29 is 14.3 Å². The van der Waals surface area contributed by atoms with Crippen LogP contribution in [-0.2, 0) is 9.53 Å². The van der Waals surface area contributed by atoms with E-state index in [-0.39, 0.29) is 5.91 Å². The Morgan fingerprint density at radius 2 is 2.42 bits per heavy atom. The zero-order chi connectivity index (χ0) is 14.1. The number of carbonyl (C=O) groups excluding carboxylic acids is 1. The molecule has 19 heavy (non-hydrogen) atoms. The van der Waals surface area contributed by atoms with Crippen LogP contribution in [-0.4, -0.2) is 30.2 Å². The van der Waals surface area contributed by atoms with Crippen LogP contribution >= 0.6 is 0 Å². The number of nitrogens with zero attached hydrogens (tertiary/aromatic N) is 1. The molecule has 0 radical (unpaired) electrons. The van der Waals surface area contributed by atoms with Crippen LogP contribution in [0.1, 0.15) is 20.3 Å². The topological polar surface area (TPSA) is 60.5 Å². The molecule has 0 fully saturated rings. The van der Waals surface area contributed by atoms with Gasteiger partial charge in [-0.1, -0.05) is 6.08 Å². The fourth-order valence-electron chi connectivity index (χ4n) is 1.38. The number of rotatable bonds is 8. The molecule has 1 aromatic rings. The van der Waals surface area contributed by atoms with E-state index in [2.05, 4.69) is 16.9 Å². The van der Waals surface area contributed by atoms with E-state index in [1.807, 2.05) is 6.92 Å². The molecule has 0 bridgehead atoms. The molecule has 1 unspecified atom stereocenters. The summed E-state index contributed by atoms with van der Waals surface area (Å²) in [7, 11) is 0. The standard InChI is InChI=1S/C14H20N2O3/c1-4-6-10-19-11(3)13(17)16-12-8-7-9-15-14(12)18-5-2/h4,7-9,11H,1,5-6,10H2,2-3H3,(H,16,17). The quantitative estimate of drug-likeness (QED) is 0.578. The van der Waals surface area contributed by atoms with Gasteiger partial charge in [0.15, 0.2) is 0 Å². The Kier molecular flexibility index (Phi) is 6.60. The highest BCUT2D eigenvalue weighted by Gasteiger charge is 2.15. The van der Waals surface area contributed by atoms with Crippen LogP contribution in [0, 0.1) is 0 Å². The summed E-state index contributed by atoms with van der Waals surface area (Å²) in [6.45, 7) is 8.13. The highest BCUT2D eigenvalue weighted by atomic mass is 16.5. The van der Waals surface area contributed by atoms with E-state index in [0.29, 0.717) is 31.2 Å².